The number of halogens is 2. The van der Waals surface area contributed by atoms with E-state index in [4.69, 9.17) is 5.73 Å². The summed E-state index contributed by atoms with van der Waals surface area (Å²) in [4.78, 5) is 12.3. The number of nitrogens with one attached hydrogen (secondary N) is 1. The van der Waals surface area contributed by atoms with Gasteiger partial charge in [-0.3, -0.25) is 4.79 Å². The molecule has 1 amide bonds. The molecule has 1 unspecified atom stereocenters. The molecule has 3 nitrogen and oxygen atoms in total. The second-order valence-corrected chi connectivity index (χ2v) is 7.17. The number of rotatable bonds is 5. The van der Waals surface area contributed by atoms with Gasteiger partial charge >= 0.3 is 0 Å². The van der Waals surface area contributed by atoms with Gasteiger partial charge in [0.2, 0.25) is 5.91 Å². The van der Waals surface area contributed by atoms with Gasteiger partial charge in [-0.2, -0.15) is 0 Å². The summed E-state index contributed by atoms with van der Waals surface area (Å²) in [6.07, 6.45) is 6.87. The van der Waals surface area contributed by atoms with Crippen LogP contribution in [0.25, 0.3) is 0 Å². The van der Waals surface area contributed by atoms with Crippen molar-refractivity contribution in [1.29, 1.82) is 0 Å². The Morgan fingerprint density at radius 3 is 2.45 bits per heavy atom. The summed E-state index contributed by atoms with van der Waals surface area (Å²) in [6, 6.07) is 8.49. The van der Waals surface area contributed by atoms with Crippen molar-refractivity contribution in [2.24, 2.45) is 5.73 Å². The Morgan fingerprint density at radius 1 is 1.27 bits per heavy atom. The van der Waals surface area contributed by atoms with Crippen LogP contribution < -0.4 is 11.1 Å². The van der Waals surface area contributed by atoms with Gasteiger partial charge in [0.05, 0.1) is 5.54 Å². The number of benzene rings is 1. The van der Waals surface area contributed by atoms with Gasteiger partial charge in [-0.25, -0.2) is 0 Å². The molecular weight excluding hydrogens is 364 g/mol. The van der Waals surface area contributed by atoms with Crippen LogP contribution >= 0.6 is 28.3 Å². The summed E-state index contributed by atoms with van der Waals surface area (Å²) in [6.45, 7) is 2.06. The average molecular weight is 390 g/mol. The molecule has 0 aliphatic heterocycles. The van der Waals surface area contributed by atoms with Crippen molar-refractivity contribution in [1.82, 2.24) is 5.32 Å². The number of nitrogens with two attached hydrogens (primary N) is 1. The zero-order valence-corrected chi connectivity index (χ0v) is 15.5. The lowest BCUT2D eigenvalue weighted by Gasteiger charge is -2.33. The molecule has 124 valence electrons. The van der Waals surface area contributed by atoms with E-state index in [0.717, 1.165) is 43.0 Å². The Hall–Kier alpha value is -0.580. The first-order chi connectivity index (χ1) is 9.99. The third-order valence-electron chi connectivity index (χ3n) is 4.35. The lowest BCUT2D eigenvalue weighted by atomic mass is 9.81. The van der Waals surface area contributed by atoms with Crippen molar-refractivity contribution < 1.29 is 4.79 Å². The van der Waals surface area contributed by atoms with E-state index in [1.807, 2.05) is 0 Å². The lowest BCUT2D eigenvalue weighted by molar-refractivity contribution is -0.128. The molecule has 5 heteroatoms. The molecule has 1 aliphatic rings. The highest BCUT2D eigenvalue weighted by atomic mass is 79.9. The Labute approximate surface area is 148 Å². The van der Waals surface area contributed by atoms with E-state index >= 15 is 0 Å². The minimum atomic E-state index is -0.635. The molecule has 0 radical (unpaired) electrons. The first-order valence-electron chi connectivity index (χ1n) is 7.84. The van der Waals surface area contributed by atoms with Gasteiger partial charge in [-0.1, -0.05) is 47.3 Å². The molecule has 0 aromatic heterocycles. The standard InChI is InChI=1S/C17H25BrN2O.ClH/c1-13(5-6-14-7-9-15(18)10-8-14)20-16(21)17(19)11-3-2-4-12-17;/h7-10,13H,2-6,11-12,19H2,1H3,(H,20,21);1H. The molecule has 1 aromatic rings. The predicted octanol–water partition coefficient (Wildman–Crippen LogP) is 3.97. The maximum absolute atomic E-state index is 12.3. The van der Waals surface area contributed by atoms with Crippen LogP contribution in [0.1, 0.15) is 51.0 Å². The summed E-state index contributed by atoms with van der Waals surface area (Å²) >= 11 is 3.44. The SMILES string of the molecule is CC(CCc1ccc(Br)cc1)NC(=O)C1(N)CCCCC1.Cl. The molecule has 1 aromatic carbocycles. The Morgan fingerprint density at radius 2 is 1.86 bits per heavy atom. The molecule has 2 rings (SSSR count). The normalized spacial score (nSPS) is 18.1. The van der Waals surface area contributed by atoms with Gasteiger partial charge in [0.1, 0.15) is 0 Å². The number of carbonyl (C=O) groups excluding carboxylic acids is 1. The molecule has 1 atom stereocenters. The number of carbonyl (C=O) groups is 1. The smallest absolute Gasteiger partial charge is 0.240 e. The van der Waals surface area contributed by atoms with Crippen molar-refractivity contribution in [3.63, 3.8) is 0 Å². The topological polar surface area (TPSA) is 55.1 Å². The van der Waals surface area contributed by atoms with E-state index < -0.39 is 5.54 Å². The van der Waals surface area contributed by atoms with E-state index in [-0.39, 0.29) is 24.4 Å². The molecular formula is C17H26BrClN2O. The molecule has 1 saturated carbocycles. The average Bonchev–Trinajstić information content (AvgIpc) is 2.47. The number of amides is 1. The van der Waals surface area contributed by atoms with Crippen molar-refractivity contribution in [2.45, 2.75) is 63.5 Å². The van der Waals surface area contributed by atoms with Gasteiger partial charge in [-0.15, -0.1) is 12.4 Å². The lowest BCUT2D eigenvalue weighted by Crippen LogP contribution is -2.56. The van der Waals surface area contributed by atoms with Crippen LogP contribution in [-0.2, 0) is 11.2 Å². The molecule has 1 fully saturated rings. The zero-order chi connectivity index (χ0) is 15.3. The van der Waals surface area contributed by atoms with Gasteiger partial charge in [0.15, 0.2) is 0 Å². The fourth-order valence-corrected chi connectivity index (χ4v) is 3.15. The molecule has 0 bridgehead atoms. The van der Waals surface area contributed by atoms with Crippen LogP contribution in [0.5, 0.6) is 0 Å². The van der Waals surface area contributed by atoms with Crippen molar-refractivity contribution in [2.75, 3.05) is 0 Å². The third kappa shape index (κ3) is 5.56. The molecule has 0 saturated heterocycles. The Bertz CT molecular complexity index is 472. The van der Waals surface area contributed by atoms with Crippen LogP contribution in [0.15, 0.2) is 28.7 Å². The van der Waals surface area contributed by atoms with E-state index in [2.05, 4.69) is 52.4 Å². The molecule has 1 aliphatic carbocycles. The minimum Gasteiger partial charge on any atom is -0.352 e. The highest BCUT2D eigenvalue weighted by Crippen LogP contribution is 2.26. The Balaban J connectivity index is 0.00000242. The molecule has 3 N–H and O–H groups in total. The summed E-state index contributed by atoms with van der Waals surface area (Å²) in [5.41, 5.74) is 6.91. The predicted molar refractivity (Wildman–Crippen MR) is 97.3 cm³/mol. The van der Waals surface area contributed by atoms with Gasteiger partial charge in [-0.05, 0) is 50.3 Å². The maximum Gasteiger partial charge on any atom is 0.240 e. The highest BCUT2D eigenvalue weighted by Gasteiger charge is 2.35. The summed E-state index contributed by atoms with van der Waals surface area (Å²) in [5.74, 6) is 0.0329. The van der Waals surface area contributed by atoms with Crippen LogP contribution in [0, 0.1) is 0 Å². The van der Waals surface area contributed by atoms with Crippen molar-refractivity contribution in [3.8, 4) is 0 Å². The quantitative estimate of drug-likeness (QED) is 0.800. The van der Waals surface area contributed by atoms with Crippen LogP contribution in [0.4, 0.5) is 0 Å². The highest BCUT2D eigenvalue weighted by molar-refractivity contribution is 9.10. The number of hydrogen-bond acceptors (Lipinski definition) is 2. The van der Waals surface area contributed by atoms with Gasteiger partial charge in [0, 0.05) is 10.5 Å². The second-order valence-electron chi connectivity index (χ2n) is 6.26. The molecule has 22 heavy (non-hydrogen) atoms. The fourth-order valence-electron chi connectivity index (χ4n) is 2.88. The van der Waals surface area contributed by atoms with Gasteiger partial charge in [0.25, 0.3) is 0 Å². The second kappa shape index (κ2) is 8.90. The van der Waals surface area contributed by atoms with Crippen LogP contribution in [0.2, 0.25) is 0 Å². The Kier molecular flexibility index (Phi) is 7.87. The largest absolute Gasteiger partial charge is 0.352 e. The first kappa shape index (κ1) is 19.5. The maximum atomic E-state index is 12.3. The first-order valence-corrected chi connectivity index (χ1v) is 8.63. The summed E-state index contributed by atoms with van der Waals surface area (Å²) in [5, 5.41) is 3.10. The zero-order valence-electron chi connectivity index (χ0n) is 13.1. The number of hydrogen-bond donors (Lipinski definition) is 2. The third-order valence-corrected chi connectivity index (χ3v) is 4.88. The fraction of sp³-hybridized carbons (Fsp3) is 0.588. The van der Waals surface area contributed by atoms with Crippen molar-refractivity contribution in [3.05, 3.63) is 34.3 Å². The molecule has 0 spiro atoms. The summed E-state index contributed by atoms with van der Waals surface area (Å²) < 4.78 is 1.09. The van der Waals surface area contributed by atoms with E-state index in [1.54, 1.807) is 0 Å². The van der Waals surface area contributed by atoms with Crippen molar-refractivity contribution >= 4 is 34.2 Å². The van der Waals surface area contributed by atoms with Gasteiger partial charge < -0.3 is 11.1 Å². The minimum absolute atomic E-state index is 0. The van der Waals surface area contributed by atoms with E-state index in [0.29, 0.717) is 0 Å². The monoisotopic (exact) mass is 388 g/mol. The summed E-state index contributed by atoms with van der Waals surface area (Å²) in [7, 11) is 0. The molecule has 0 heterocycles. The van der Waals surface area contributed by atoms with E-state index in [9.17, 15) is 4.79 Å². The van der Waals surface area contributed by atoms with Crippen LogP contribution in [-0.4, -0.2) is 17.5 Å². The van der Waals surface area contributed by atoms with Crippen LogP contribution in [0.3, 0.4) is 0 Å². The van der Waals surface area contributed by atoms with E-state index in [1.165, 1.54) is 12.0 Å². The number of aryl methyl sites for hydroxylation is 1.